The monoisotopic (exact) mass is 614 g/mol. The number of hydrogen-bond donors (Lipinski definition) is 0. The van der Waals surface area contributed by atoms with Gasteiger partial charge in [-0.2, -0.15) is 0 Å². The third-order valence-corrected chi connectivity index (χ3v) is 11.4. The molecular weight excluding hydrogens is 569 g/mol. The van der Waals surface area contributed by atoms with Gasteiger partial charge >= 0.3 is 0 Å². The van der Waals surface area contributed by atoms with Crippen molar-refractivity contribution in [3.8, 4) is 0 Å². The summed E-state index contributed by atoms with van der Waals surface area (Å²) in [5.41, 5.74) is 0. The van der Waals surface area contributed by atoms with E-state index in [0.29, 0.717) is 0 Å². The molecule has 0 N–H and O–H groups in total. The van der Waals surface area contributed by atoms with Crippen molar-refractivity contribution < 1.29 is 0 Å². The van der Waals surface area contributed by atoms with Gasteiger partial charge in [0.25, 0.3) is 0 Å². The van der Waals surface area contributed by atoms with E-state index in [0.717, 1.165) is 0 Å². The Balaban J connectivity index is 0.000000463. The molecule has 0 nitrogen and oxygen atoms in total. The fraction of sp³-hybridized carbons (Fsp3) is 0.250. The van der Waals surface area contributed by atoms with Gasteiger partial charge in [0.15, 0.2) is 0 Å². The van der Waals surface area contributed by atoms with Crippen LogP contribution >= 0.6 is 0 Å². The summed E-state index contributed by atoms with van der Waals surface area (Å²) in [4.78, 5) is 0. The minimum absolute atomic E-state index is 0. The standard InChI is InChI=1S/4C8H11Si.Ge/c4*1-9(2)8-6-4-3-5-7-8;/h4*3-7H,1-2H3;. The molecule has 0 spiro atoms. The van der Waals surface area contributed by atoms with Crippen LogP contribution in [0.3, 0.4) is 0 Å². The average molecular weight is 614 g/mol. The third kappa shape index (κ3) is 16.7. The SMILES string of the molecule is C[Si](C)c1ccccc1.C[Si](C)c1ccccc1.C[Si](C)c1ccccc1.C[Si](C)c1ccccc1.[Ge]. The maximum absolute atomic E-state index is 2.31. The van der Waals surface area contributed by atoms with E-state index in [4.69, 9.17) is 0 Å². The van der Waals surface area contributed by atoms with Crippen molar-refractivity contribution >= 4 is 73.5 Å². The van der Waals surface area contributed by atoms with Gasteiger partial charge < -0.3 is 0 Å². The molecule has 0 aromatic heterocycles. The van der Waals surface area contributed by atoms with Crippen molar-refractivity contribution in [3.63, 3.8) is 0 Å². The Morgan fingerprint density at radius 1 is 0.270 bits per heavy atom. The fourth-order valence-corrected chi connectivity index (χ4v) is 6.52. The van der Waals surface area contributed by atoms with Gasteiger partial charge in [-0.15, -0.1) is 0 Å². The minimum Gasteiger partial charge on any atom is -0.0671 e. The molecule has 0 fully saturated rings. The summed E-state index contributed by atoms with van der Waals surface area (Å²) in [6.07, 6.45) is 0. The Morgan fingerprint density at radius 3 is 0.486 bits per heavy atom. The smallest absolute Gasteiger partial charge is 0.0671 e. The first kappa shape index (κ1) is 35.3. The van der Waals surface area contributed by atoms with Gasteiger partial charge in [0.1, 0.15) is 0 Å². The molecule has 0 atom stereocenters. The van der Waals surface area contributed by atoms with Crippen molar-refractivity contribution in [1.29, 1.82) is 0 Å². The topological polar surface area (TPSA) is 0 Å². The predicted molar refractivity (Wildman–Crippen MR) is 180 cm³/mol. The summed E-state index contributed by atoms with van der Waals surface area (Å²) < 4.78 is 0. The largest absolute Gasteiger partial charge is 0.0791 e. The second-order valence-electron chi connectivity index (χ2n) is 9.46. The van der Waals surface area contributed by atoms with Crippen LogP contribution in [0.15, 0.2) is 121 Å². The predicted octanol–water partition coefficient (Wildman–Crippen LogP) is 6.21. The Labute approximate surface area is 246 Å². The molecule has 0 heterocycles. The van der Waals surface area contributed by atoms with Gasteiger partial charge in [-0.1, -0.05) is 194 Å². The van der Waals surface area contributed by atoms with Crippen LogP contribution in [0.4, 0.5) is 0 Å². The molecule has 4 rings (SSSR count). The molecular formula is C32H44GeSi4. The van der Waals surface area contributed by atoms with Gasteiger partial charge in [0, 0.05) is 17.6 Å². The molecule has 37 heavy (non-hydrogen) atoms. The molecule has 192 valence electrons. The van der Waals surface area contributed by atoms with E-state index in [-0.39, 0.29) is 52.8 Å². The summed E-state index contributed by atoms with van der Waals surface area (Å²) in [6.45, 7) is 18.4. The molecule has 0 amide bonds. The van der Waals surface area contributed by atoms with E-state index >= 15 is 0 Å². The van der Waals surface area contributed by atoms with Crippen molar-refractivity contribution in [3.05, 3.63) is 121 Å². The van der Waals surface area contributed by atoms with Gasteiger partial charge in [-0.25, -0.2) is 0 Å². The molecule has 4 aromatic rings. The van der Waals surface area contributed by atoms with Crippen molar-refractivity contribution in [1.82, 2.24) is 0 Å². The van der Waals surface area contributed by atoms with Crippen LogP contribution in [0.25, 0.3) is 0 Å². The van der Waals surface area contributed by atoms with Crippen LogP contribution in [0, 0.1) is 0 Å². The molecule has 0 aliphatic heterocycles. The second-order valence-corrected chi connectivity index (χ2v) is 19.8. The number of benzene rings is 4. The summed E-state index contributed by atoms with van der Waals surface area (Å²) in [6, 6.07) is 42.7. The van der Waals surface area contributed by atoms with E-state index in [9.17, 15) is 0 Å². The Bertz CT molecular complexity index is 849. The molecule has 0 saturated heterocycles. The van der Waals surface area contributed by atoms with Gasteiger partial charge in [0.2, 0.25) is 0 Å². The number of rotatable bonds is 4. The first-order valence-corrected chi connectivity index (χ1v) is 22.6. The van der Waals surface area contributed by atoms with Crippen LogP contribution in [0.2, 0.25) is 52.4 Å². The third-order valence-electron chi connectivity index (χ3n) is 5.40. The Kier molecular flexibility index (Phi) is 20.3. The second kappa shape index (κ2) is 21.2. The van der Waals surface area contributed by atoms with Crippen molar-refractivity contribution in [2.45, 2.75) is 52.4 Å². The summed E-state index contributed by atoms with van der Waals surface area (Å²) in [5.74, 6) is 0. The summed E-state index contributed by atoms with van der Waals surface area (Å²) >= 11 is 0. The quantitative estimate of drug-likeness (QED) is 0.240. The fourth-order valence-electron chi connectivity index (χ4n) is 3.09. The summed E-state index contributed by atoms with van der Waals surface area (Å²) in [5, 5.41) is 6.06. The van der Waals surface area contributed by atoms with Crippen molar-refractivity contribution in [2.75, 3.05) is 0 Å². The Morgan fingerprint density at radius 2 is 0.405 bits per heavy atom. The van der Waals surface area contributed by atoms with Gasteiger partial charge in [0.05, 0.1) is 35.2 Å². The van der Waals surface area contributed by atoms with Gasteiger partial charge in [-0.3, -0.25) is 0 Å². The van der Waals surface area contributed by atoms with E-state index in [1.165, 1.54) is 20.7 Å². The van der Waals surface area contributed by atoms with Crippen LogP contribution in [-0.2, 0) is 0 Å². The molecule has 4 aromatic carbocycles. The zero-order valence-electron chi connectivity index (χ0n) is 24.0. The van der Waals surface area contributed by atoms with Crippen LogP contribution in [0.5, 0.6) is 0 Å². The average Bonchev–Trinajstić information content (AvgIpc) is 2.92. The summed E-state index contributed by atoms with van der Waals surface area (Å²) in [7, 11) is -0.849. The normalized spacial score (nSPS) is 9.84. The molecule has 0 aliphatic rings. The maximum Gasteiger partial charge on any atom is 0.0791 e. The molecule has 0 unspecified atom stereocenters. The molecule has 0 saturated carbocycles. The molecule has 0 aliphatic carbocycles. The van der Waals surface area contributed by atoms with E-state index in [1.807, 2.05) is 0 Å². The van der Waals surface area contributed by atoms with Crippen LogP contribution in [-0.4, -0.2) is 52.8 Å². The molecule has 5 heteroatoms. The van der Waals surface area contributed by atoms with Gasteiger partial charge in [-0.05, 0) is 0 Å². The molecule has 8 radical (unpaired) electrons. The minimum atomic E-state index is -0.212. The molecule has 0 bridgehead atoms. The van der Waals surface area contributed by atoms with E-state index in [1.54, 1.807) is 0 Å². The van der Waals surface area contributed by atoms with E-state index in [2.05, 4.69) is 174 Å². The zero-order valence-corrected chi connectivity index (χ0v) is 30.1. The maximum atomic E-state index is 2.31. The van der Waals surface area contributed by atoms with E-state index < -0.39 is 0 Å². The first-order chi connectivity index (χ1) is 17.2. The van der Waals surface area contributed by atoms with Crippen LogP contribution in [0.1, 0.15) is 0 Å². The first-order valence-electron chi connectivity index (χ1n) is 12.6. The Hall–Kier alpha value is -1.71. The van der Waals surface area contributed by atoms with Crippen LogP contribution < -0.4 is 20.7 Å². The number of hydrogen-bond acceptors (Lipinski definition) is 0. The zero-order chi connectivity index (χ0) is 26.8. The van der Waals surface area contributed by atoms with Crippen molar-refractivity contribution in [2.24, 2.45) is 0 Å².